The molecule has 2 heterocycles. The molecule has 33 heavy (non-hydrogen) atoms. The van der Waals surface area contributed by atoms with Gasteiger partial charge < -0.3 is 10.6 Å². The fourth-order valence-electron chi connectivity index (χ4n) is 2.97. The van der Waals surface area contributed by atoms with Crippen LogP contribution in [-0.2, 0) is 9.84 Å². The van der Waals surface area contributed by atoms with E-state index in [0.29, 0.717) is 22.5 Å². The van der Waals surface area contributed by atoms with E-state index in [4.69, 9.17) is 0 Å². The second-order valence-electron chi connectivity index (χ2n) is 6.94. The van der Waals surface area contributed by atoms with E-state index in [-0.39, 0.29) is 21.6 Å². The van der Waals surface area contributed by atoms with Gasteiger partial charge in [-0.15, -0.1) is 0 Å². The minimum atomic E-state index is -3.78. The number of rotatable bonds is 6. The van der Waals surface area contributed by atoms with Crippen LogP contribution in [0.3, 0.4) is 0 Å². The van der Waals surface area contributed by atoms with Crippen molar-refractivity contribution in [2.75, 3.05) is 10.6 Å². The standard InChI is InChI=1S/C24H18N4O4S/c29-23(17-3-1-13-25-15-17)27-19-5-9-21(10-6-19)33(31,32)22-11-7-20(8-12-22)28-24(30)18-4-2-14-26-16-18/h1-16H,(H,27,29)(H,28,30). The van der Waals surface area contributed by atoms with Crippen LogP contribution in [0.2, 0.25) is 0 Å². The summed E-state index contributed by atoms with van der Waals surface area (Å²) >= 11 is 0. The molecule has 0 aliphatic heterocycles. The van der Waals surface area contributed by atoms with Gasteiger partial charge in [0.25, 0.3) is 11.8 Å². The molecular formula is C24H18N4O4S. The smallest absolute Gasteiger partial charge is 0.257 e. The van der Waals surface area contributed by atoms with Crippen LogP contribution in [-0.4, -0.2) is 30.2 Å². The zero-order valence-corrected chi connectivity index (χ0v) is 18.0. The highest BCUT2D eigenvalue weighted by Gasteiger charge is 2.18. The fraction of sp³-hybridized carbons (Fsp3) is 0. The quantitative estimate of drug-likeness (QED) is 0.454. The minimum absolute atomic E-state index is 0.0778. The average molecular weight is 458 g/mol. The molecular weight excluding hydrogens is 440 g/mol. The van der Waals surface area contributed by atoms with Gasteiger partial charge >= 0.3 is 0 Å². The van der Waals surface area contributed by atoms with Gasteiger partial charge in [0.05, 0.1) is 20.9 Å². The van der Waals surface area contributed by atoms with E-state index in [1.807, 2.05) is 0 Å². The van der Waals surface area contributed by atoms with Crippen LogP contribution in [0.15, 0.2) is 107 Å². The number of anilines is 2. The Morgan fingerprint density at radius 3 is 1.33 bits per heavy atom. The normalized spacial score (nSPS) is 10.9. The summed E-state index contributed by atoms with van der Waals surface area (Å²) in [5, 5.41) is 5.39. The predicted octanol–water partition coefficient (Wildman–Crippen LogP) is 3.81. The first-order valence-electron chi connectivity index (χ1n) is 9.81. The van der Waals surface area contributed by atoms with Crippen molar-refractivity contribution in [3.05, 3.63) is 109 Å². The number of benzene rings is 2. The van der Waals surface area contributed by atoms with Crippen molar-refractivity contribution in [3.8, 4) is 0 Å². The molecule has 4 rings (SSSR count). The Kier molecular flexibility index (Phi) is 6.23. The molecule has 0 radical (unpaired) electrons. The monoisotopic (exact) mass is 458 g/mol. The highest BCUT2D eigenvalue weighted by molar-refractivity contribution is 7.91. The van der Waals surface area contributed by atoms with Crippen molar-refractivity contribution in [2.24, 2.45) is 0 Å². The molecule has 0 fully saturated rings. The van der Waals surface area contributed by atoms with Crippen molar-refractivity contribution < 1.29 is 18.0 Å². The number of nitrogens with zero attached hydrogens (tertiary/aromatic N) is 2. The molecule has 9 heteroatoms. The average Bonchev–Trinajstić information content (AvgIpc) is 2.86. The Labute approximate surface area is 190 Å². The van der Waals surface area contributed by atoms with Gasteiger partial charge in [0.1, 0.15) is 0 Å². The summed E-state index contributed by atoms with van der Waals surface area (Å²) in [6, 6.07) is 18.3. The number of pyridine rings is 2. The Balaban J connectivity index is 1.45. The van der Waals surface area contributed by atoms with Gasteiger partial charge in [-0.2, -0.15) is 0 Å². The van der Waals surface area contributed by atoms with E-state index in [2.05, 4.69) is 20.6 Å². The highest BCUT2D eigenvalue weighted by Crippen LogP contribution is 2.24. The topological polar surface area (TPSA) is 118 Å². The van der Waals surface area contributed by atoms with Gasteiger partial charge in [0.2, 0.25) is 9.84 Å². The van der Waals surface area contributed by atoms with E-state index in [0.717, 1.165) is 0 Å². The third-order valence-electron chi connectivity index (χ3n) is 4.69. The molecule has 0 aliphatic carbocycles. The lowest BCUT2D eigenvalue weighted by molar-refractivity contribution is 0.101. The number of aromatic nitrogens is 2. The maximum absolute atomic E-state index is 13.0. The third-order valence-corrected chi connectivity index (χ3v) is 6.48. The zero-order valence-electron chi connectivity index (χ0n) is 17.2. The second-order valence-corrected chi connectivity index (χ2v) is 8.89. The number of carbonyl (C=O) groups excluding carboxylic acids is 2. The summed E-state index contributed by atoms with van der Waals surface area (Å²) in [4.78, 5) is 32.4. The van der Waals surface area contributed by atoms with Gasteiger partial charge in [-0.25, -0.2) is 8.42 Å². The Morgan fingerprint density at radius 2 is 1.00 bits per heavy atom. The molecule has 164 valence electrons. The van der Waals surface area contributed by atoms with E-state index >= 15 is 0 Å². The van der Waals surface area contributed by atoms with Gasteiger partial charge in [-0.1, -0.05) is 0 Å². The number of hydrogen-bond donors (Lipinski definition) is 2. The SMILES string of the molecule is O=C(Nc1ccc(S(=O)(=O)c2ccc(NC(=O)c3cccnc3)cc2)cc1)c1cccnc1. The largest absolute Gasteiger partial charge is 0.322 e. The maximum Gasteiger partial charge on any atom is 0.257 e. The van der Waals surface area contributed by atoms with Gasteiger partial charge in [0, 0.05) is 36.2 Å². The van der Waals surface area contributed by atoms with Gasteiger partial charge in [-0.3, -0.25) is 19.6 Å². The van der Waals surface area contributed by atoms with Crippen LogP contribution in [0.1, 0.15) is 20.7 Å². The van der Waals surface area contributed by atoms with Crippen molar-refractivity contribution in [1.29, 1.82) is 0 Å². The van der Waals surface area contributed by atoms with Crippen molar-refractivity contribution in [2.45, 2.75) is 9.79 Å². The number of nitrogens with one attached hydrogen (secondary N) is 2. The molecule has 0 saturated heterocycles. The zero-order chi connectivity index (χ0) is 23.3. The molecule has 2 amide bonds. The molecule has 8 nitrogen and oxygen atoms in total. The Morgan fingerprint density at radius 1 is 0.606 bits per heavy atom. The number of amides is 2. The van der Waals surface area contributed by atoms with Crippen LogP contribution in [0.5, 0.6) is 0 Å². The summed E-state index contributed by atoms with van der Waals surface area (Å²) < 4.78 is 25.9. The minimum Gasteiger partial charge on any atom is -0.322 e. The van der Waals surface area contributed by atoms with Crippen LogP contribution in [0.4, 0.5) is 11.4 Å². The van der Waals surface area contributed by atoms with Crippen LogP contribution < -0.4 is 10.6 Å². The molecule has 2 aromatic heterocycles. The van der Waals surface area contributed by atoms with E-state index in [1.165, 1.54) is 60.9 Å². The number of hydrogen-bond acceptors (Lipinski definition) is 6. The molecule has 0 aliphatic rings. The molecule has 0 saturated carbocycles. The van der Waals surface area contributed by atoms with Crippen LogP contribution in [0.25, 0.3) is 0 Å². The summed E-state index contributed by atoms with van der Waals surface area (Å²) in [7, 11) is -3.78. The molecule has 4 aromatic rings. The summed E-state index contributed by atoms with van der Waals surface area (Å²) in [6.45, 7) is 0. The van der Waals surface area contributed by atoms with E-state index in [9.17, 15) is 18.0 Å². The van der Waals surface area contributed by atoms with E-state index < -0.39 is 9.84 Å². The molecule has 2 aromatic carbocycles. The summed E-state index contributed by atoms with van der Waals surface area (Å²) in [6.07, 6.45) is 6.02. The highest BCUT2D eigenvalue weighted by atomic mass is 32.2. The fourth-order valence-corrected chi connectivity index (χ4v) is 4.23. The first kappa shape index (κ1) is 21.8. The van der Waals surface area contributed by atoms with Crippen molar-refractivity contribution in [1.82, 2.24) is 9.97 Å². The van der Waals surface area contributed by atoms with Gasteiger partial charge in [0.15, 0.2) is 0 Å². The Bertz CT molecular complexity index is 1270. The third kappa shape index (κ3) is 5.10. The van der Waals surface area contributed by atoms with Crippen LogP contribution in [0, 0.1) is 0 Å². The van der Waals surface area contributed by atoms with Crippen molar-refractivity contribution >= 4 is 33.0 Å². The van der Waals surface area contributed by atoms with Gasteiger partial charge in [-0.05, 0) is 72.8 Å². The number of carbonyl (C=O) groups is 2. The lowest BCUT2D eigenvalue weighted by atomic mass is 10.2. The van der Waals surface area contributed by atoms with Crippen LogP contribution >= 0.6 is 0 Å². The molecule has 0 bridgehead atoms. The lowest BCUT2D eigenvalue weighted by Gasteiger charge is -2.09. The maximum atomic E-state index is 13.0. The summed E-state index contributed by atoms with van der Waals surface area (Å²) in [5.41, 5.74) is 1.70. The molecule has 0 spiro atoms. The summed E-state index contributed by atoms with van der Waals surface area (Å²) in [5.74, 6) is -0.690. The molecule has 0 unspecified atom stereocenters. The first-order chi connectivity index (χ1) is 15.9. The molecule has 0 atom stereocenters. The second kappa shape index (κ2) is 9.41. The predicted molar refractivity (Wildman–Crippen MR) is 123 cm³/mol. The first-order valence-corrected chi connectivity index (χ1v) is 11.3. The van der Waals surface area contributed by atoms with E-state index in [1.54, 1.807) is 36.7 Å². The lowest BCUT2D eigenvalue weighted by Crippen LogP contribution is -2.12. The Hall–Kier alpha value is -4.37. The molecule has 2 N–H and O–H groups in total. The van der Waals surface area contributed by atoms with Crippen molar-refractivity contribution in [3.63, 3.8) is 0 Å². The number of sulfone groups is 1.